The fourth-order valence-corrected chi connectivity index (χ4v) is 2.43. The van der Waals surface area contributed by atoms with Crippen molar-refractivity contribution in [2.24, 2.45) is 0 Å². The summed E-state index contributed by atoms with van der Waals surface area (Å²) in [5, 5.41) is 10.7. The number of carbonyl (C=O) groups is 1. The summed E-state index contributed by atoms with van der Waals surface area (Å²) in [6.07, 6.45) is 4.54. The zero-order valence-electron chi connectivity index (χ0n) is 11.3. The lowest BCUT2D eigenvalue weighted by molar-refractivity contribution is 0.0956. The maximum absolute atomic E-state index is 12.0. The summed E-state index contributed by atoms with van der Waals surface area (Å²) in [7, 11) is 0. The maximum Gasteiger partial charge on any atom is 0.265 e. The summed E-state index contributed by atoms with van der Waals surface area (Å²) in [5.41, 5.74) is 5.76. The van der Waals surface area contributed by atoms with Gasteiger partial charge in [0.25, 0.3) is 5.91 Å². The number of aromatic nitrogens is 3. The van der Waals surface area contributed by atoms with E-state index in [4.69, 9.17) is 5.73 Å². The Kier molecular flexibility index (Phi) is 4.94. The first-order chi connectivity index (χ1) is 9.70. The predicted octanol–water partition coefficient (Wildman–Crippen LogP) is 1.17. The molecule has 2 aromatic heterocycles. The standard InChI is InChI=1S/C12H18N6OS/c1-2-4-15-12-17-10(13)9(20-12)11(19)14-6-8-18-7-3-5-16-18/h3,5,7H,2,4,6,8,13H2,1H3,(H,14,19)(H,15,17). The second-order valence-corrected chi connectivity index (χ2v) is 5.18. The monoisotopic (exact) mass is 294 g/mol. The number of hydrogen-bond acceptors (Lipinski definition) is 6. The van der Waals surface area contributed by atoms with E-state index >= 15 is 0 Å². The lowest BCUT2D eigenvalue weighted by Gasteiger charge is -2.04. The molecule has 20 heavy (non-hydrogen) atoms. The first-order valence-corrected chi connectivity index (χ1v) is 7.28. The Bertz CT molecular complexity index is 550. The molecule has 0 aliphatic rings. The van der Waals surface area contributed by atoms with E-state index in [1.165, 1.54) is 11.3 Å². The first kappa shape index (κ1) is 14.3. The second-order valence-electron chi connectivity index (χ2n) is 4.19. The number of nitrogens with zero attached hydrogens (tertiary/aromatic N) is 3. The average Bonchev–Trinajstić information content (AvgIpc) is 3.06. The summed E-state index contributed by atoms with van der Waals surface area (Å²) in [5.74, 6) is 0.0712. The van der Waals surface area contributed by atoms with Gasteiger partial charge in [0, 0.05) is 25.5 Å². The summed E-state index contributed by atoms with van der Waals surface area (Å²) in [6, 6.07) is 1.84. The number of nitrogens with one attached hydrogen (secondary N) is 2. The fraction of sp³-hybridized carbons (Fsp3) is 0.417. The van der Waals surface area contributed by atoms with E-state index in [0.29, 0.717) is 23.1 Å². The van der Waals surface area contributed by atoms with Crippen molar-refractivity contribution in [1.82, 2.24) is 20.1 Å². The van der Waals surface area contributed by atoms with Crippen molar-refractivity contribution in [3.05, 3.63) is 23.3 Å². The highest BCUT2D eigenvalue weighted by Gasteiger charge is 2.15. The Morgan fingerprint density at radius 2 is 2.35 bits per heavy atom. The van der Waals surface area contributed by atoms with Gasteiger partial charge in [0.15, 0.2) is 5.13 Å². The van der Waals surface area contributed by atoms with E-state index < -0.39 is 0 Å². The molecule has 7 nitrogen and oxygen atoms in total. The minimum atomic E-state index is -0.197. The number of carbonyl (C=O) groups excluding carboxylic acids is 1. The number of nitrogens with two attached hydrogens (primary N) is 1. The molecule has 0 aliphatic carbocycles. The van der Waals surface area contributed by atoms with E-state index in [2.05, 4.69) is 27.6 Å². The minimum Gasteiger partial charge on any atom is -0.382 e. The van der Waals surface area contributed by atoms with Gasteiger partial charge >= 0.3 is 0 Å². The summed E-state index contributed by atoms with van der Waals surface area (Å²) < 4.78 is 1.75. The number of anilines is 2. The van der Waals surface area contributed by atoms with Gasteiger partial charge < -0.3 is 16.4 Å². The molecule has 1 amide bonds. The summed E-state index contributed by atoms with van der Waals surface area (Å²) in [4.78, 5) is 16.6. The normalized spacial score (nSPS) is 10.4. The van der Waals surface area contributed by atoms with Crippen LogP contribution in [0, 0.1) is 0 Å². The van der Waals surface area contributed by atoms with Gasteiger partial charge in [0.2, 0.25) is 0 Å². The quantitative estimate of drug-likeness (QED) is 0.712. The van der Waals surface area contributed by atoms with Gasteiger partial charge in [-0.25, -0.2) is 4.98 Å². The highest BCUT2D eigenvalue weighted by atomic mass is 32.1. The number of amides is 1. The van der Waals surface area contributed by atoms with E-state index in [1.807, 2.05) is 12.3 Å². The molecule has 0 unspecified atom stereocenters. The molecule has 2 heterocycles. The van der Waals surface area contributed by atoms with Crippen LogP contribution in [-0.4, -0.2) is 33.8 Å². The molecular weight excluding hydrogens is 276 g/mol. The molecule has 0 radical (unpaired) electrons. The van der Waals surface area contributed by atoms with Crippen LogP contribution in [0.25, 0.3) is 0 Å². The minimum absolute atomic E-state index is 0.197. The van der Waals surface area contributed by atoms with E-state index in [1.54, 1.807) is 10.9 Å². The summed E-state index contributed by atoms with van der Waals surface area (Å²) in [6.45, 7) is 3.99. The topological polar surface area (TPSA) is 97.9 Å². The SMILES string of the molecule is CCCNc1nc(N)c(C(=O)NCCn2cccn2)s1. The molecule has 108 valence electrons. The van der Waals surface area contributed by atoms with E-state index in [0.717, 1.165) is 13.0 Å². The Hall–Kier alpha value is -2.09. The molecule has 0 spiro atoms. The number of nitrogen functional groups attached to an aromatic ring is 1. The van der Waals surface area contributed by atoms with Gasteiger partial charge in [0.05, 0.1) is 6.54 Å². The average molecular weight is 294 g/mol. The smallest absolute Gasteiger partial charge is 0.265 e. The molecule has 0 saturated carbocycles. The van der Waals surface area contributed by atoms with Gasteiger partial charge in [-0.3, -0.25) is 9.48 Å². The highest BCUT2D eigenvalue weighted by molar-refractivity contribution is 7.18. The Morgan fingerprint density at radius 3 is 3.05 bits per heavy atom. The molecule has 8 heteroatoms. The Labute approximate surface area is 121 Å². The lowest BCUT2D eigenvalue weighted by Crippen LogP contribution is -2.27. The van der Waals surface area contributed by atoms with Crippen molar-refractivity contribution < 1.29 is 4.79 Å². The van der Waals surface area contributed by atoms with Crippen molar-refractivity contribution in [1.29, 1.82) is 0 Å². The predicted molar refractivity (Wildman–Crippen MR) is 79.9 cm³/mol. The van der Waals surface area contributed by atoms with E-state index in [9.17, 15) is 4.79 Å². The third-order valence-corrected chi connectivity index (χ3v) is 3.60. The molecule has 0 fully saturated rings. The zero-order valence-corrected chi connectivity index (χ0v) is 12.1. The van der Waals surface area contributed by atoms with Gasteiger partial charge in [-0.1, -0.05) is 18.3 Å². The van der Waals surface area contributed by atoms with Gasteiger partial charge in [-0.2, -0.15) is 5.10 Å². The van der Waals surface area contributed by atoms with Crippen LogP contribution in [0.1, 0.15) is 23.0 Å². The van der Waals surface area contributed by atoms with Crippen LogP contribution < -0.4 is 16.4 Å². The summed E-state index contributed by atoms with van der Waals surface area (Å²) >= 11 is 1.27. The molecule has 0 aliphatic heterocycles. The Balaban J connectivity index is 1.86. The molecule has 2 rings (SSSR count). The first-order valence-electron chi connectivity index (χ1n) is 6.46. The van der Waals surface area contributed by atoms with Crippen LogP contribution in [0.15, 0.2) is 18.5 Å². The van der Waals surface area contributed by atoms with Crippen LogP contribution in [0.4, 0.5) is 10.9 Å². The van der Waals surface area contributed by atoms with Crippen molar-refractivity contribution in [2.45, 2.75) is 19.9 Å². The zero-order chi connectivity index (χ0) is 14.4. The molecule has 0 aromatic carbocycles. The third kappa shape index (κ3) is 3.70. The molecule has 2 aromatic rings. The molecule has 0 bridgehead atoms. The van der Waals surface area contributed by atoms with Crippen LogP contribution >= 0.6 is 11.3 Å². The number of rotatable bonds is 7. The molecule has 0 atom stereocenters. The lowest BCUT2D eigenvalue weighted by atomic mass is 10.4. The Morgan fingerprint density at radius 1 is 1.50 bits per heavy atom. The van der Waals surface area contributed by atoms with Crippen molar-refractivity contribution >= 4 is 28.2 Å². The molecule has 4 N–H and O–H groups in total. The largest absolute Gasteiger partial charge is 0.382 e. The number of hydrogen-bond donors (Lipinski definition) is 3. The van der Waals surface area contributed by atoms with Gasteiger partial charge in [-0.15, -0.1) is 0 Å². The highest BCUT2D eigenvalue weighted by Crippen LogP contribution is 2.24. The van der Waals surface area contributed by atoms with Crippen LogP contribution in [0.3, 0.4) is 0 Å². The second kappa shape index (κ2) is 6.90. The van der Waals surface area contributed by atoms with Crippen molar-refractivity contribution in [3.63, 3.8) is 0 Å². The van der Waals surface area contributed by atoms with E-state index in [-0.39, 0.29) is 11.7 Å². The maximum atomic E-state index is 12.0. The van der Waals surface area contributed by atoms with Gasteiger partial charge in [0.1, 0.15) is 10.7 Å². The van der Waals surface area contributed by atoms with Crippen molar-refractivity contribution in [3.8, 4) is 0 Å². The van der Waals surface area contributed by atoms with Crippen molar-refractivity contribution in [2.75, 3.05) is 24.1 Å². The molecule has 0 saturated heterocycles. The van der Waals surface area contributed by atoms with Crippen LogP contribution in [-0.2, 0) is 6.54 Å². The van der Waals surface area contributed by atoms with Crippen LogP contribution in [0.5, 0.6) is 0 Å². The molecular formula is C12H18N6OS. The third-order valence-electron chi connectivity index (χ3n) is 2.57. The van der Waals surface area contributed by atoms with Crippen LogP contribution in [0.2, 0.25) is 0 Å². The number of thiazole rings is 1. The fourth-order valence-electron chi connectivity index (χ4n) is 1.60. The van der Waals surface area contributed by atoms with Gasteiger partial charge in [-0.05, 0) is 12.5 Å².